The SMILES string of the molecule is CCOC(=O)COc1nn(Cc2ccc(F)cc2)c2ccccc12. The summed E-state index contributed by atoms with van der Waals surface area (Å²) in [7, 11) is 0. The van der Waals surface area contributed by atoms with Crippen LogP contribution in [0.1, 0.15) is 12.5 Å². The zero-order chi connectivity index (χ0) is 16.9. The highest BCUT2D eigenvalue weighted by molar-refractivity contribution is 5.85. The molecule has 3 aromatic rings. The third-order valence-electron chi connectivity index (χ3n) is 3.50. The van der Waals surface area contributed by atoms with Crippen molar-refractivity contribution in [3.05, 3.63) is 59.9 Å². The molecule has 124 valence electrons. The summed E-state index contributed by atoms with van der Waals surface area (Å²) in [5.74, 6) is -0.335. The summed E-state index contributed by atoms with van der Waals surface area (Å²) in [5, 5.41) is 5.24. The molecule has 24 heavy (non-hydrogen) atoms. The van der Waals surface area contributed by atoms with E-state index in [-0.39, 0.29) is 12.4 Å². The number of hydrogen-bond acceptors (Lipinski definition) is 4. The van der Waals surface area contributed by atoms with Crippen molar-refractivity contribution in [1.29, 1.82) is 0 Å². The minimum absolute atomic E-state index is 0.189. The second-order valence-corrected chi connectivity index (χ2v) is 5.20. The van der Waals surface area contributed by atoms with Crippen LogP contribution >= 0.6 is 0 Å². The smallest absolute Gasteiger partial charge is 0.344 e. The molecule has 0 spiro atoms. The van der Waals surface area contributed by atoms with Crippen LogP contribution in [-0.4, -0.2) is 29.0 Å². The minimum atomic E-state index is -0.435. The molecular formula is C18H17FN2O3. The summed E-state index contributed by atoms with van der Waals surface area (Å²) >= 11 is 0. The third kappa shape index (κ3) is 3.53. The van der Waals surface area contributed by atoms with E-state index in [1.54, 1.807) is 23.7 Å². The van der Waals surface area contributed by atoms with Crippen LogP contribution in [0.2, 0.25) is 0 Å². The highest BCUT2D eigenvalue weighted by Gasteiger charge is 2.13. The number of benzene rings is 2. The lowest BCUT2D eigenvalue weighted by Crippen LogP contribution is -2.15. The van der Waals surface area contributed by atoms with Gasteiger partial charge in [-0.2, -0.15) is 0 Å². The molecule has 0 saturated carbocycles. The number of fused-ring (bicyclic) bond motifs is 1. The molecule has 0 aliphatic heterocycles. The molecule has 1 aromatic heterocycles. The summed E-state index contributed by atoms with van der Waals surface area (Å²) < 4.78 is 25.2. The number of esters is 1. The summed E-state index contributed by atoms with van der Waals surface area (Å²) in [5.41, 5.74) is 1.79. The predicted molar refractivity (Wildman–Crippen MR) is 87.4 cm³/mol. The van der Waals surface area contributed by atoms with Gasteiger partial charge in [-0.3, -0.25) is 4.68 Å². The first-order chi connectivity index (χ1) is 11.7. The largest absolute Gasteiger partial charge is 0.464 e. The van der Waals surface area contributed by atoms with Crippen molar-refractivity contribution in [2.75, 3.05) is 13.2 Å². The maximum atomic E-state index is 13.0. The summed E-state index contributed by atoms with van der Waals surface area (Å²) in [4.78, 5) is 11.5. The van der Waals surface area contributed by atoms with E-state index in [4.69, 9.17) is 9.47 Å². The van der Waals surface area contributed by atoms with Crippen LogP contribution in [0.5, 0.6) is 5.88 Å². The molecule has 3 rings (SSSR count). The Balaban J connectivity index is 1.85. The molecule has 0 bridgehead atoms. The molecule has 0 saturated heterocycles. The normalized spacial score (nSPS) is 10.8. The van der Waals surface area contributed by atoms with Gasteiger partial charge in [0.2, 0.25) is 5.88 Å². The van der Waals surface area contributed by atoms with Crippen LogP contribution in [0.4, 0.5) is 4.39 Å². The number of para-hydroxylation sites is 1. The number of carbonyl (C=O) groups is 1. The molecular weight excluding hydrogens is 311 g/mol. The lowest BCUT2D eigenvalue weighted by molar-refractivity contribution is -0.145. The van der Waals surface area contributed by atoms with Crippen molar-refractivity contribution in [2.45, 2.75) is 13.5 Å². The number of nitrogens with zero attached hydrogens (tertiary/aromatic N) is 2. The van der Waals surface area contributed by atoms with Crippen molar-refractivity contribution >= 4 is 16.9 Å². The Morgan fingerprint density at radius 1 is 1.17 bits per heavy atom. The van der Waals surface area contributed by atoms with Crippen LogP contribution in [0, 0.1) is 5.82 Å². The highest BCUT2D eigenvalue weighted by atomic mass is 19.1. The fourth-order valence-corrected chi connectivity index (χ4v) is 2.42. The molecule has 0 radical (unpaired) electrons. The lowest BCUT2D eigenvalue weighted by Gasteiger charge is -2.04. The van der Waals surface area contributed by atoms with E-state index in [1.165, 1.54) is 12.1 Å². The minimum Gasteiger partial charge on any atom is -0.464 e. The first kappa shape index (κ1) is 16.0. The lowest BCUT2D eigenvalue weighted by atomic mass is 10.2. The Morgan fingerprint density at radius 2 is 1.92 bits per heavy atom. The van der Waals surface area contributed by atoms with E-state index in [0.29, 0.717) is 19.0 Å². The molecule has 0 atom stereocenters. The Labute approximate surface area is 138 Å². The van der Waals surface area contributed by atoms with Gasteiger partial charge in [0.25, 0.3) is 0 Å². The van der Waals surface area contributed by atoms with Crippen molar-refractivity contribution < 1.29 is 18.7 Å². The van der Waals surface area contributed by atoms with Gasteiger partial charge in [-0.25, -0.2) is 9.18 Å². The monoisotopic (exact) mass is 328 g/mol. The van der Waals surface area contributed by atoms with E-state index < -0.39 is 5.97 Å². The second-order valence-electron chi connectivity index (χ2n) is 5.20. The molecule has 2 aromatic carbocycles. The van der Waals surface area contributed by atoms with E-state index in [1.807, 2.05) is 24.3 Å². The van der Waals surface area contributed by atoms with Crippen molar-refractivity contribution in [2.24, 2.45) is 0 Å². The van der Waals surface area contributed by atoms with Crippen molar-refractivity contribution in [1.82, 2.24) is 9.78 Å². The Bertz CT molecular complexity index is 843. The molecule has 1 heterocycles. The molecule has 0 amide bonds. The Morgan fingerprint density at radius 3 is 2.67 bits per heavy atom. The van der Waals surface area contributed by atoms with Crippen molar-refractivity contribution in [3.8, 4) is 5.88 Å². The van der Waals surface area contributed by atoms with Crippen LogP contribution in [0.15, 0.2) is 48.5 Å². The maximum absolute atomic E-state index is 13.0. The molecule has 0 aliphatic carbocycles. The number of carbonyl (C=O) groups excluding carboxylic acids is 1. The standard InChI is InChI=1S/C18H17FN2O3/c1-2-23-17(22)12-24-18-15-5-3-4-6-16(15)21(20-18)11-13-7-9-14(19)10-8-13/h3-10H,2,11-12H2,1H3. The maximum Gasteiger partial charge on any atom is 0.344 e. The summed E-state index contributed by atoms with van der Waals surface area (Å²) in [6, 6.07) is 13.8. The number of hydrogen-bond donors (Lipinski definition) is 0. The van der Waals surface area contributed by atoms with Crippen molar-refractivity contribution in [3.63, 3.8) is 0 Å². The van der Waals surface area contributed by atoms with E-state index in [2.05, 4.69) is 5.10 Å². The Hall–Kier alpha value is -2.89. The molecule has 0 N–H and O–H groups in total. The average Bonchev–Trinajstić information content (AvgIpc) is 2.93. The van der Waals surface area contributed by atoms with Gasteiger partial charge in [-0.1, -0.05) is 24.3 Å². The first-order valence-corrected chi connectivity index (χ1v) is 7.66. The number of halogens is 1. The zero-order valence-corrected chi connectivity index (χ0v) is 13.2. The van der Waals surface area contributed by atoms with Gasteiger partial charge >= 0.3 is 5.97 Å². The van der Waals surface area contributed by atoms with Gasteiger partial charge in [0, 0.05) is 0 Å². The molecule has 5 nitrogen and oxygen atoms in total. The van der Waals surface area contributed by atoms with E-state index in [0.717, 1.165) is 16.5 Å². The van der Waals surface area contributed by atoms with E-state index in [9.17, 15) is 9.18 Å². The highest BCUT2D eigenvalue weighted by Crippen LogP contribution is 2.25. The van der Waals surface area contributed by atoms with Crippen LogP contribution in [-0.2, 0) is 16.1 Å². The van der Waals surface area contributed by atoms with Crippen LogP contribution in [0.3, 0.4) is 0 Å². The van der Waals surface area contributed by atoms with Crippen LogP contribution < -0.4 is 4.74 Å². The summed E-state index contributed by atoms with van der Waals surface area (Å²) in [6.45, 7) is 2.33. The van der Waals surface area contributed by atoms with Gasteiger partial charge in [-0.15, -0.1) is 5.10 Å². The molecule has 0 aliphatic rings. The van der Waals surface area contributed by atoms with Gasteiger partial charge in [0.15, 0.2) is 6.61 Å². The Kier molecular flexibility index (Phi) is 4.74. The van der Waals surface area contributed by atoms with Gasteiger partial charge in [0.05, 0.1) is 24.1 Å². The van der Waals surface area contributed by atoms with Gasteiger partial charge in [-0.05, 0) is 36.8 Å². The fourth-order valence-electron chi connectivity index (χ4n) is 2.42. The quantitative estimate of drug-likeness (QED) is 0.652. The number of rotatable bonds is 6. The molecule has 0 fully saturated rings. The summed E-state index contributed by atoms with van der Waals surface area (Å²) in [6.07, 6.45) is 0. The topological polar surface area (TPSA) is 53.4 Å². The predicted octanol–water partition coefficient (Wildman–Crippen LogP) is 3.17. The number of ether oxygens (including phenoxy) is 2. The van der Waals surface area contributed by atoms with E-state index >= 15 is 0 Å². The van der Waals surface area contributed by atoms with Gasteiger partial charge in [0.1, 0.15) is 5.82 Å². The molecule has 6 heteroatoms. The van der Waals surface area contributed by atoms with Gasteiger partial charge < -0.3 is 9.47 Å². The second kappa shape index (κ2) is 7.12. The fraction of sp³-hybridized carbons (Fsp3) is 0.222. The number of aromatic nitrogens is 2. The molecule has 0 unspecified atom stereocenters. The third-order valence-corrected chi connectivity index (χ3v) is 3.50. The van der Waals surface area contributed by atoms with Crippen LogP contribution in [0.25, 0.3) is 10.9 Å². The average molecular weight is 328 g/mol. The zero-order valence-electron chi connectivity index (χ0n) is 13.2. The first-order valence-electron chi connectivity index (χ1n) is 7.66.